The smallest absolute Gasteiger partial charge is 0.000294 e. The summed E-state index contributed by atoms with van der Waals surface area (Å²) in [5, 5.41) is 6.89. The van der Waals surface area contributed by atoms with Gasteiger partial charge in [0.15, 0.2) is 0 Å². The van der Waals surface area contributed by atoms with Crippen LogP contribution in [0.2, 0.25) is 0 Å². The van der Waals surface area contributed by atoms with Gasteiger partial charge in [-0.2, -0.15) is 0 Å². The van der Waals surface area contributed by atoms with E-state index in [4.69, 9.17) is 5.41 Å². The van der Waals surface area contributed by atoms with Crippen LogP contribution in [-0.2, 0) is 0 Å². The predicted octanol–water partition coefficient (Wildman–Crippen LogP) is 7.23. The van der Waals surface area contributed by atoms with E-state index >= 15 is 0 Å². The third-order valence-electron chi connectivity index (χ3n) is 3.86. The molecule has 0 saturated carbocycles. The summed E-state index contributed by atoms with van der Waals surface area (Å²) in [6.45, 7) is 2.28. The lowest BCUT2D eigenvalue weighted by atomic mass is 10.0. The van der Waals surface area contributed by atoms with Gasteiger partial charge in [-0.1, -0.05) is 102 Å². The van der Waals surface area contributed by atoms with Crippen LogP contribution >= 0.6 is 0 Å². The highest BCUT2D eigenvalue weighted by Crippen LogP contribution is 2.12. The minimum absolute atomic E-state index is 0.753. The first-order chi connectivity index (χ1) is 10.4. The van der Waals surface area contributed by atoms with Gasteiger partial charge < -0.3 is 5.41 Å². The van der Waals surface area contributed by atoms with Crippen LogP contribution in [0.25, 0.3) is 0 Å². The highest BCUT2D eigenvalue weighted by atomic mass is 14.3. The van der Waals surface area contributed by atoms with E-state index < -0.39 is 0 Å². The van der Waals surface area contributed by atoms with E-state index in [1.54, 1.807) is 0 Å². The molecule has 0 fully saturated rings. The Bertz CT molecular complexity index is 253. The van der Waals surface area contributed by atoms with E-state index in [0.29, 0.717) is 0 Å². The Morgan fingerprint density at radius 3 is 1.62 bits per heavy atom. The number of unbranched alkanes of at least 4 members (excludes halogenated alkanes) is 12. The fourth-order valence-corrected chi connectivity index (χ4v) is 2.50. The summed E-state index contributed by atoms with van der Waals surface area (Å²) >= 11 is 0. The molecule has 0 radical (unpaired) electrons. The quantitative estimate of drug-likeness (QED) is 0.176. The van der Waals surface area contributed by atoms with Crippen LogP contribution < -0.4 is 0 Å². The van der Waals surface area contributed by atoms with Gasteiger partial charge in [-0.25, -0.2) is 0 Å². The molecule has 0 spiro atoms. The van der Waals surface area contributed by atoms with Crippen LogP contribution in [0, 0.1) is 5.41 Å². The molecule has 0 aliphatic rings. The normalized spacial score (nSPS) is 11.7. The number of hydrogen-bond donors (Lipinski definition) is 1. The zero-order valence-corrected chi connectivity index (χ0v) is 14.3. The van der Waals surface area contributed by atoms with Crippen LogP contribution in [0.5, 0.6) is 0 Å². The van der Waals surface area contributed by atoms with E-state index in [0.717, 1.165) is 6.42 Å². The van der Waals surface area contributed by atoms with Crippen LogP contribution in [0.3, 0.4) is 0 Å². The minimum atomic E-state index is 0.753. The van der Waals surface area contributed by atoms with Crippen molar-refractivity contribution in [3.05, 3.63) is 24.3 Å². The third-order valence-corrected chi connectivity index (χ3v) is 3.86. The van der Waals surface area contributed by atoms with E-state index in [2.05, 4.69) is 19.1 Å². The lowest BCUT2D eigenvalue weighted by Crippen LogP contribution is -1.82. The molecule has 1 N–H and O–H groups in total. The predicted molar refractivity (Wildman–Crippen MR) is 97.4 cm³/mol. The fraction of sp³-hybridized carbons (Fsp3) is 0.750. The van der Waals surface area contributed by atoms with E-state index in [9.17, 15) is 0 Å². The van der Waals surface area contributed by atoms with Gasteiger partial charge in [-0.15, -0.1) is 0 Å². The summed E-state index contributed by atoms with van der Waals surface area (Å²) in [7, 11) is 0. The lowest BCUT2D eigenvalue weighted by molar-refractivity contribution is 0.545. The summed E-state index contributed by atoms with van der Waals surface area (Å²) in [5.41, 5.74) is 0. The van der Waals surface area contributed by atoms with Crippen molar-refractivity contribution in [2.45, 2.75) is 96.8 Å². The van der Waals surface area contributed by atoms with Gasteiger partial charge in [0.1, 0.15) is 0 Å². The van der Waals surface area contributed by atoms with E-state index in [-0.39, 0.29) is 0 Å². The maximum Gasteiger partial charge on any atom is 0.000294 e. The largest absolute Gasteiger partial charge is 0.313 e. The summed E-state index contributed by atoms with van der Waals surface area (Å²) in [6, 6.07) is 0. The fourth-order valence-electron chi connectivity index (χ4n) is 2.50. The molecule has 0 aromatic rings. The average molecular weight is 292 g/mol. The second kappa shape index (κ2) is 19.1. The maximum atomic E-state index is 6.89. The molecule has 0 aliphatic heterocycles. The van der Waals surface area contributed by atoms with Gasteiger partial charge in [0, 0.05) is 6.42 Å². The van der Waals surface area contributed by atoms with Gasteiger partial charge in [0.05, 0.1) is 0 Å². The molecular weight excluding hydrogens is 254 g/mol. The van der Waals surface area contributed by atoms with Crippen molar-refractivity contribution in [2.24, 2.45) is 0 Å². The van der Waals surface area contributed by atoms with Crippen LogP contribution in [0.4, 0.5) is 0 Å². The van der Waals surface area contributed by atoms with Gasteiger partial charge >= 0.3 is 0 Å². The number of hydrogen-bond acceptors (Lipinski definition) is 1. The van der Waals surface area contributed by atoms with Gasteiger partial charge in [0.25, 0.3) is 0 Å². The summed E-state index contributed by atoms with van der Waals surface area (Å²) in [4.78, 5) is 0. The standard InChI is InChI=1S/C20H37N/c1-2-3-4-5-6-7-8-9-10-11-12-13-14-15-16-17-18-19-20-21/h15-18,20-21H,2-14,19H2,1H3. The third kappa shape index (κ3) is 19.1. The van der Waals surface area contributed by atoms with Crippen LogP contribution in [0.15, 0.2) is 24.3 Å². The Labute approximate surface area is 133 Å². The first-order valence-electron chi connectivity index (χ1n) is 9.22. The van der Waals surface area contributed by atoms with Crippen molar-refractivity contribution in [1.29, 1.82) is 5.41 Å². The van der Waals surface area contributed by atoms with Crippen molar-refractivity contribution in [3.63, 3.8) is 0 Å². The molecule has 1 heteroatoms. The van der Waals surface area contributed by atoms with E-state index in [1.165, 1.54) is 89.7 Å². The summed E-state index contributed by atoms with van der Waals surface area (Å²) in [6.07, 6.45) is 28.8. The second-order valence-electron chi connectivity index (χ2n) is 5.97. The highest BCUT2D eigenvalue weighted by molar-refractivity contribution is 5.55. The lowest BCUT2D eigenvalue weighted by Gasteiger charge is -2.02. The molecule has 0 saturated heterocycles. The van der Waals surface area contributed by atoms with Crippen molar-refractivity contribution >= 4 is 6.21 Å². The van der Waals surface area contributed by atoms with Crippen molar-refractivity contribution < 1.29 is 0 Å². The van der Waals surface area contributed by atoms with Gasteiger partial charge in [-0.3, -0.25) is 0 Å². The molecule has 1 nitrogen and oxygen atoms in total. The van der Waals surface area contributed by atoms with Gasteiger partial charge in [0.2, 0.25) is 0 Å². The number of nitrogens with one attached hydrogen (secondary N) is 1. The van der Waals surface area contributed by atoms with Crippen LogP contribution in [0.1, 0.15) is 96.8 Å². The maximum absolute atomic E-state index is 6.89. The topological polar surface area (TPSA) is 23.9 Å². The van der Waals surface area contributed by atoms with E-state index in [1.807, 2.05) is 12.2 Å². The van der Waals surface area contributed by atoms with Crippen molar-refractivity contribution in [1.82, 2.24) is 0 Å². The zero-order chi connectivity index (χ0) is 15.4. The minimum Gasteiger partial charge on any atom is -0.313 e. The van der Waals surface area contributed by atoms with Crippen molar-refractivity contribution in [2.75, 3.05) is 0 Å². The van der Waals surface area contributed by atoms with Gasteiger partial charge in [-0.05, 0) is 19.1 Å². The Morgan fingerprint density at radius 2 is 1.10 bits per heavy atom. The molecule has 0 unspecified atom stereocenters. The second-order valence-corrected chi connectivity index (χ2v) is 5.97. The Morgan fingerprint density at radius 1 is 0.619 bits per heavy atom. The molecule has 0 amide bonds. The summed E-state index contributed by atoms with van der Waals surface area (Å²) in [5.74, 6) is 0. The highest BCUT2D eigenvalue weighted by Gasteiger charge is 1.92. The molecule has 122 valence electrons. The Hall–Kier alpha value is -0.850. The molecule has 21 heavy (non-hydrogen) atoms. The molecule has 0 aromatic heterocycles. The Kier molecular flexibility index (Phi) is 18.4. The molecule has 0 aliphatic carbocycles. The molecule has 0 bridgehead atoms. The molecule has 0 rings (SSSR count). The SMILES string of the molecule is CCCCCCCCCCCCCCC=CC=CCC=N. The Balaban J connectivity index is 3.07. The average Bonchev–Trinajstić information content (AvgIpc) is 2.50. The number of rotatable bonds is 16. The molecule has 0 heterocycles. The number of allylic oxidation sites excluding steroid dienone is 4. The first kappa shape index (κ1) is 20.1. The van der Waals surface area contributed by atoms with Crippen molar-refractivity contribution in [3.8, 4) is 0 Å². The monoisotopic (exact) mass is 291 g/mol. The molecular formula is C20H37N. The summed E-state index contributed by atoms with van der Waals surface area (Å²) < 4.78 is 0. The first-order valence-corrected chi connectivity index (χ1v) is 9.22. The van der Waals surface area contributed by atoms with Crippen LogP contribution in [-0.4, -0.2) is 6.21 Å². The molecule has 0 atom stereocenters. The molecule has 0 aromatic carbocycles. The zero-order valence-electron chi connectivity index (χ0n) is 14.3.